The quantitative estimate of drug-likeness (QED) is 0.656. The van der Waals surface area contributed by atoms with E-state index in [-0.39, 0.29) is 30.7 Å². The lowest BCUT2D eigenvalue weighted by Crippen LogP contribution is -2.31. The Morgan fingerprint density at radius 2 is 1.62 bits per heavy atom. The molecule has 0 fully saturated rings. The Morgan fingerprint density at radius 1 is 0.966 bits per heavy atom. The van der Waals surface area contributed by atoms with Crippen LogP contribution in [0, 0.1) is 0 Å². The molecule has 0 spiro atoms. The minimum atomic E-state index is -0.311. The number of benzene rings is 2. The van der Waals surface area contributed by atoms with Gasteiger partial charge < -0.3 is 14.8 Å². The molecule has 0 atom stereocenters. The van der Waals surface area contributed by atoms with Gasteiger partial charge in [-0.05, 0) is 44.5 Å². The lowest BCUT2D eigenvalue weighted by Gasteiger charge is -2.15. The molecule has 29 heavy (non-hydrogen) atoms. The molecule has 7 heteroatoms. The van der Waals surface area contributed by atoms with Crippen molar-refractivity contribution in [3.8, 4) is 11.5 Å². The van der Waals surface area contributed by atoms with E-state index >= 15 is 0 Å². The molecule has 1 heterocycles. The molecule has 0 aliphatic carbocycles. The number of amides is 3. The largest absolute Gasteiger partial charge is 0.494 e. The highest BCUT2D eigenvalue weighted by atomic mass is 16.5. The van der Waals surface area contributed by atoms with Crippen molar-refractivity contribution in [2.75, 3.05) is 25.1 Å². The molecule has 0 bridgehead atoms. The smallest absolute Gasteiger partial charge is 0.261 e. The van der Waals surface area contributed by atoms with E-state index in [0.717, 1.165) is 0 Å². The van der Waals surface area contributed by atoms with E-state index in [1.165, 1.54) is 4.90 Å². The van der Waals surface area contributed by atoms with Gasteiger partial charge in [0.05, 0.1) is 30.0 Å². The zero-order chi connectivity index (χ0) is 20.8. The molecule has 1 aliphatic rings. The van der Waals surface area contributed by atoms with Crippen molar-refractivity contribution >= 4 is 23.4 Å². The summed E-state index contributed by atoms with van der Waals surface area (Å²) < 4.78 is 11.0. The second-order valence-electron chi connectivity index (χ2n) is 6.48. The molecule has 0 aromatic heterocycles. The minimum Gasteiger partial charge on any atom is -0.494 e. The molecule has 152 valence electrons. The van der Waals surface area contributed by atoms with Gasteiger partial charge in [-0.1, -0.05) is 12.1 Å². The van der Waals surface area contributed by atoms with Crippen molar-refractivity contribution in [1.82, 2.24) is 4.90 Å². The van der Waals surface area contributed by atoms with Crippen LogP contribution in [0.1, 0.15) is 47.4 Å². The summed E-state index contributed by atoms with van der Waals surface area (Å²) >= 11 is 0. The first-order valence-electron chi connectivity index (χ1n) is 9.69. The number of imide groups is 1. The van der Waals surface area contributed by atoms with Gasteiger partial charge in [0, 0.05) is 19.0 Å². The Bertz CT molecular complexity index is 890. The van der Waals surface area contributed by atoms with Crippen LogP contribution in [0.5, 0.6) is 11.5 Å². The third-order valence-electron chi connectivity index (χ3n) is 4.50. The third kappa shape index (κ3) is 4.56. The molecule has 2 aromatic rings. The van der Waals surface area contributed by atoms with Crippen molar-refractivity contribution < 1.29 is 23.9 Å². The van der Waals surface area contributed by atoms with E-state index in [2.05, 4.69) is 5.32 Å². The Morgan fingerprint density at radius 3 is 2.24 bits per heavy atom. The summed E-state index contributed by atoms with van der Waals surface area (Å²) in [6, 6.07) is 12.0. The number of carbonyl (C=O) groups excluding carboxylic acids is 3. The highest BCUT2D eigenvalue weighted by molar-refractivity contribution is 6.21. The van der Waals surface area contributed by atoms with E-state index in [9.17, 15) is 14.4 Å². The fourth-order valence-electron chi connectivity index (χ4n) is 3.20. The average Bonchev–Trinajstić information content (AvgIpc) is 2.95. The Balaban J connectivity index is 1.58. The summed E-state index contributed by atoms with van der Waals surface area (Å²) in [5.41, 5.74) is 1.36. The maximum Gasteiger partial charge on any atom is 0.261 e. The van der Waals surface area contributed by atoms with E-state index < -0.39 is 0 Å². The summed E-state index contributed by atoms with van der Waals surface area (Å²) in [5.74, 6) is 0.348. The van der Waals surface area contributed by atoms with Crippen LogP contribution in [0.2, 0.25) is 0 Å². The molecule has 3 rings (SSSR count). The van der Waals surface area contributed by atoms with Crippen LogP contribution in [0.4, 0.5) is 5.69 Å². The maximum atomic E-state index is 12.4. The molecular weight excluding hydrogens is 372 g/mol. The van der Waals surface area contributed by atoms with Gasteiger partial charge in [0.25, 0.3) is 11.8 Å². The Kier molecular flexibility index (Phi) is 6.49. The van der Waals surface area contributed by atoms with Gasteiger partial charge in [-0.25, -0.2) is 0 Å². The van der Waals surface area contributed by atoms with Gasteiger partial charge in [0.15, 0.2) is 0 Å². The molecular formula is C22H24N2O5. The van der Waals surface area contributed by atoms with Crippen LogP contribution in [-0.4, -0.2) is 42.4 Å². The van der Waals surface area contributed by atoms with Gasteiger partial charge in [-0.15, -0.1) is 0 Å². The number of ether oxygens (including phenoxy) is 2. The van der Waals surface area contributed by atoms with E-state index in [1.807, 2.05) is 13.8 Å². The second kappa shape index (κ2) is 9.23. The number of carbonyl (C=O) groups is 3. The van der Waals surface area contributed by atoms with Crippen LogP contribution in [0.3, 0.4) is 0 Å². The summed E-state index contributed by atoms with van der Waals surface area (Å²) in [6.07, 6.45) is 0.532. The molecule has 0 radical (unpaired) electrons. The molecule has 1 N–H and O–H groups in total. The predicted octanol–water partition coefficient (Wildman–Crippen LogP) is 3.50. The molecule has 3 amide bonds. The topological polar surface area (TPSA) is 84.9 Å². The highest BCUT2D eigenvalue weighted by Crippen LogP contribution is 2.30. The number of nitrogens with one attached hydrogen (secondary N) is 1. The summed E-state index contributed by atoms with van der Waals surface area (Å²) in [7, 11) is 0. The number of rotatable bonds is 9. The van der Waals surface area contributed by atoms with Crippen LogP contribution >= 0.6 is 0 Å². The van der Waals surface area contributed by atoms with Crippen LogP contribution in [0.25, 0.3) is 0 Å². The fraction of sp³-hybridized carbons (Fsp3) is 0.318. The van der Waals surface area contributed by atoms with Crippen LogP contribution in [0.15, 0.2) is 42.5 Å². The van der Waals surface area contributed by atoms with Crippen LogP contribution in [-0.2, 0) is 4.79 Å². The minimum absolute atomic E-state index is 0.165. The second-order valence-corrected chi connectivity index (χ2v) is 6.48. The molecule has 2 aromatic carbocycles. The van der Waals surface area contributed by atoms with E-state index in [0.29, 0.717) is 47.9 Å². The van der Waals surface area contributed by atoms with Gasteiger partial charge in [-0.2, -0.15) is 0 Å². The zero-order valence-electron chi connectivity index (χ0n) is 16.6. The molecule has 7 nitrogen and oxygen atoms in total. The number of hydrogen-bond donors (Lipinski definition) is 1. The zero-order valence-corrected chi connectivity index (χ0v) is 16.6. The van der Waals surface area contributed by atoms with Crippen molar-refractivity contribution in [3.05, 3.63) is 53.6 Å². The summed E-state index contributed by atoms with van der Waals surface area (Å²) in [5, 5.41) is 2.83. The number of fused-ring (bicyclic) bond motifs is 1. The molecule has 0 unspecified atom stereocenters. The van der Waals surface area contributed by atoms with E-state index in [1.54, 1.807) is 42.5 Å². The molecule has 0 saturated carbocycles. The number of anilines is 1. The third-order valence-corrected chi connectivity index (χ3v) is 4.50. The van der Waals surface area contributed by atoms with Gasteiger partial charge in [-0.3, -0.25) is 19.3 Å². The predicted molar refractivity (Wildman–Crippen MR) is 108 cm³/mol. The van der Waals surface area contributed by atoms with Crippen molar-refractivity contribution in [2.45, 2.75) is 26.7 Å². The summed E-state index contributed by atoms with van der Waals surface area (Å²) in [4.78, 5) is 38.3. The monoisotopic (exact) mass is 396 g/mol. The van der Waals surface area contributed by atoms with Crippen molar-refractivity contribution in [2.24, 2.45) is 0 Å². The lowest BCUT2D eigenvalue weighted by molar-refractivity contribution is -0.116. The molecule has 1 aliphatic heterocycles. The van der Waals surface area contributed by atoms with Crippen molar-refractivity contribution in [3.63, 3.8) is 0 Å². The maximum absolute atomic E-state index is 12.4. The van der Waals surface area contributed by atoms with E-state index in [4.69, 9.17) is 9.47 Å². The molecule has 0 saturated heterocycles. The normalized spacial score (nSPS) is 12.7. The van der Waals surface area contributed by atoms with Crippen LogP contribution < -0.4 is 14.8 Å². The first-order chi connectivity index (χ1) is 14.0. The average molecular weight is 396 g/mol. The summed E-state index contributed by atoms with van der Waals surface area (Å²) in [6.45, 7) is 4.92. The Hall–Kier alpha value is -3.35. The van der Waals surface area contributed by atoms with Gasteiger partial charge in [0.1, 0.15) is 11.5 Å². The first-order valence-corrected chi connectivity index (χ1v) is 9.69. The first kappa shape index (κ1) is 20.4. The highest BCUT2D eigenvalue weighted by Gasteiger charge is 2.34. The van der Waals surface area contributed by atoms with Crippen molar-refractivity contribution in [1.29, 1.82) is 0 Å². The number of nitrogens with zero attached hydrogens (tertiary/aromatic N) is 1. The fourth-order valence-corrected chi connectivity index (χ4v) is 3.20. The van der Waals surface area contributed by atoms with Gasteiger partial charge >= 0.3 is 0 Å². The SMILES string of the molecule is CCOc1ccc(OCC)c(NC(=O)CCCN2C(=O)c3ccccc3C2=O)c1. The Labute approximate surface area is 169 Å². The standard InChI is InChI=1S/C22H24N2O5/c1-3-28-15-11-12-19(29-4-2)18(14-15)23-20(25)10-7-13-24-21(26)16-8-5-6-9-17(16)22(24)27/h5-6,8-9,11-12,14H,3-4,7,10,13H2,1-2H3,(H,23,25). The lowest BCUT2D eigenvalue weighted by atomic mass is 10.1. The van der Waals surface area contributed by atoms with Gasteiger partial charge in [0.2, 0.25) is 5.91 Å². The number of hydrogen-bond acceptors (Lipinski definition) is 5.